The molecule has 5 heteroatoms. The zero-order valence-corrected chi connectivity index (χ0v) is 9.65. The highest BCUT2D eigenvalue weighted by Crippen LogP contribution is 2.37. The molecule has 0 amide bonds. The molecule has 1 aromatic rings. The predicted molar refractivity (Wildman–Crippen MR) is 61.2 cm³/mol. The molecule has 0 bridgehead atoms. The van der Waals surface area contributed by atoms with E-state index in [1.807, 2.05) is 0 Å². The van der Waals surface area contributed by atoms with E-state index in [1.54, 1.807) is 0 Å². The standard InChI is InChI=1S/C13H10O5/c1-17-6-2-7-11(10(14)3-6)13(16)9-5-18-4-8(9)12(7)15/h2-3,14H,4-5H2,1H3. The average Bonchev–Trinajstić information content (AvgIpc) is 2.84. The minimum atomic E-state index is -0.336. The van der Waals surface area contributed by atoms with E-state index in [-0.39, 0.29) is 41.7 Å². The van der Waals surface area contributed by atoms with Gasteiger partial charge in [0.1, 0.15) is 11.5 Å². The van der Waals surface area contributed by atoms with E-state index in [9.17, 15) is 14.7 Å². The Morgan fingerprint density at radius 2 is 1.83 bits per heavy atom. The fourth-order valence-electron chi connectivity index (χ4n) is 2.28. The van der Waals surface area contributed by atoms with Crippen LogP contribution in [0.5, 0.6) is 11.5 Å². The quantitative estimate of drug-likeness (QED) is 0.803. The second kappa shape index (κ2) is 3.68. The van der Waals surface area contributed by atoms with Gasteiger partial charge in [0.05, 0.1) is 25.9 Å². The Kier molecular flexibility index (Phi) is 2.24. The Hall–Kier alpha value is -2.14. The number of phenolic OH excluding ortho intramolecular Hbond substituents is 1. The summed E-state index contributed by atoms with van der Waals surface area (Å²) in [6.45, 7) is 0.280. The third-order valence-corrected chi connectivity index (χ3v) is 3.20. The van der Waals surface area contributed by atoms with E-state index in [1.165, 1.54) is 19.2 Å². The van der Waals surface area contributed by atoms with Gasteiger partial charge in [0, 0.05) is 22.8 Å². The summed E-state index contributed by atoms with van der Waals surface area (Å²) in [7, 11) is 1.43. The van der Waals surface area contributed by atoms with Crippen LogP contribution in [-0.4, -0.2) is 37.0 Å². The fraction of sp³-hybridized carbons (Fsp3) is 0.231. The molecule has 0 saturated heterocycles. The van der Waals surface area contributed by atoms with Crippen molar-refractivity contribution in [2.75, 3.05) is 20.3 Å². The normalized spacial score (nSPS) is 17.8. The molecule has 0 aromatic heterocycles. The van der Waals surface area contributed by atoms with Gasteiger partial charge in [0.25, 0.3) is 0 Å². The van der Waals surface area contributed by atoms with Crippen LogP contribution in [0.3, 0.4) is 0 Å². The lowest BCUT2D eigenvalue weighted by molar-refractivity contribution is 0.0974. The first-order valence-corrected chi connectivity index (χ1v) is 5.43. The number of carbonyl (C=O) groups is 2. The minimum absolute atomic E-state index is 0.0463. The topological polar surface area (TPSA) is 72.8 Å². The second-order valence-electron chi connectivity index (χ2n) is 4.18. The van der Waals surface area contributed by atoms with E-state index in [0.29, 0.717) is 16.9 Å². The van der Waals surface area contributed by atoms with Gasteiger partial charge >= 0.3 is 0 Å². The molecule has 0 unspecified atom stereocenters. The maximum atomic E-state index is 12.2. The summed E-state index contributed by atoms with van der Waals surface area (Å²) in [6.07, 6.45) is 0. The molecule has 0 spiro atoms. The summed E-state index contributed by atoms with van der Waals surface area (Å²) < 4.78 is 10.1. The minimum Gasteiger partial charge on any atom is -0.507 e. The van der Waals surface area contributed by atoms with Crippen LogP contribution in [0.4, 0.5) is 0 Å². The molecule has 1 aliphatic carbocycles. The lowest BCUT2D eigenvalue weighted by Crippen LogP contribution is -2.21. The first-order chi connectivity index (χ1) is 8.63. The Morgan fingerprint density at radius 1 is 1.17 bits per heavy atom. The summed E-state index contributed by atoms with van der Waals surface area (Å²) in [4.78, 5) is 24.4. The van der Waals surface area contributed by atoms with Crippen molar-refractivity contribution in [2.45, 2.75) is 0 Å². The average molecular weight is 246 g/mol. The van der Waals surface area contributed by atoms with E-state index in [2.05, 4.69) is 0 Å². The second-order valence-corrected chi connectivity index (χ2v) is 4.18. The number of benzene rings is 1. The molecule has 5 nitrogen and oxygen atoms in total. The van der Waals surface area contributed by atoms with Crippen molar-refractivity contribution in [1.82, 2.24) is 0 Å². The lowest BCUT2D eigenvalue weighted by atomic mass is 9.85. The largest absolute Gasteiger partial charge is 0.507 e. The smallest absolute Gasteiger partial charge is 0.196 e. The summed E-state index contributed by atoms with van der Waals surface area (Å²) in [5.74, 6) is -0.500. The number of phenols is 1. The van der Waals surface area contributed by atoms with Gasteiger partial charge < -0.3 is 14.6 Å². The fourth-order valence-corrected chi connectivity index (χ4v) is 2.28. The number of hydrogen-bond donors (Lipinski definition) is 1. The number of Topliss-reactive ketones (excluding diaryl/α,β-unsaturated/α-hetero) is 2. The molecule has 0 atom stereocenters. The van der Waals surface area contributed by atoms with Crippen molar-refractivity contribution in [2.24, 2.45) is 0 Å². The van der Waals surface area contributed by atoms with Crippen molar-refractivity contribution in [1.29, 1.82) is 0 Å². The van der Waals surface area contributed by atoms with E-state index < -0.39 is 0 Å². The number of fused-ring (bicyclic) bond motifs is 1. The van der Waals surface area contributed by atoms with Crippen LogP contribution in [0.1, 0.15) is 20.7 Å². The van der Waals surface area contributed by atoms with Crippen LogP contribution < -0.4 is 4.74 Å². The highest BCUT2D eigenvalue weighted by molar-refractivity contribution is 6.28. The van der Waals surface area contributed by atoms with Gasteiger partial charge in [-0.3, -0.25) is 9.59 Å². The Balaban J connectivity index is 2.26. The summed E-state index contributed by atoms with van der Waals surface area (Å²) in [5.41, 5.74) is 0.972. The van der Waals surface area contributed by atoms with E-state index in [0.717, 1.165) is 0 Å². The van der Waals surface area contributed by atoms with Crippen molar-refractivity contribution >= 4 is 11.6 Å². The highest BCUT2D eigenvalue weighted by Gasteiger charge is 2.37. The Labute approximate surface area is 103 Å². The molecule has 3 rings (SSSR count). The third-order valence-electron chi connectivity index (χ3n) is 3.20. The number of ketones is 2. The molecular formula is C13H10O5. The number of rotatable bonds is 1. The van der Waals surface area contributed by atoms with Crippen LogP contribution >= 0.6 is 0 Å². The first kappa shape index (κ1) is 11.0. The van der Waals surface area contributed by atoms with Crippen LogP contribution in [-0.2, 0) is 4.74 Å². The Bertz CT molecular complexity index is 612. The highest BCUT2D eigenvalue weighted by atomic mass is 16.5. The molecule has 0 radical (unpaired) electrons. The zero-order valence-electron chi connectivity index (χ0n) is 9.65. The molecular weight excluding hydrogens is 236 g/mol. The van der Waals surface area contributed by atoms with Gasteiger partial charge in [0.2, 0.25) is 0 Å². The lowest BCUT2D eigenvalue weighted by Gasteiger charge is -2.17. The third kappa shape index (κ3) is 1.31. The summed E-state index contributed by atoms with van der Waals surface area (Å²) in [6, 6.07) is 2.79. The maximum absolute atomic E-state index is 12.2. The van der Waals surface area contributed by atoms with Crippen LogP contribution in [0, 0.1) is 0 Å². The van der Waals surface area contributed by atoms with Crippen molar-refractivity contribution in [3.63, 3.8) is 0 Å². The van der Waals surface area contributed by atoms with E-state index in [4.69, 9.17) is 9.47 Å². The van der Waals surface area contributed by atoms with Crippen molar-refractivity contribution in [3.05, 3.63) is 34.4 Å². The molecule has 92 valence electrons. The van der Waals surface area contributed by atoms with Gasteiger partial charge in [-0.05, 0) is 6.07 Å². The summed E-state index contributed by atoms with van der Waals surface area (Å²) in [5, 5.41) is 9.86. The monoisotopic (exact) mass is 246 g/mol. The number of carbonyl (C=O) groups excluding carboxylic acids is 2. The molecule has 1 heterocycles. The SMILES string of the molecule is COc1cc(O)c2c(c1)C(=O)C1=C(COC1)C2=O. The molecule has 1 aromatic carbocycles. The number of aromatic hydroxyl groups is 1. The molecule has 1 N–H and O–H groups in total. The van der Waals surface area contributed by atoms with Crippen molar-refractivity contribution in [3.8, 4) is 11.5 Å². The van der Waals surface area contributed by atoms with E-state index >= 15 is 0 Å². The number of methoxy groups -OCH3 is 1. The maximum Gasteiger partial charge on any atom is 0.196 e. The molecule has 0 fully saturated rings. The van der Waals surface area contributed by atoms with Gasteiger partial charge in [0.15, 0.2) is 11.6 Å². The molecule has 18 heavy (non-hydrogen) atoms. The first-order valence-electron chi connectivity index (χ1n) is 5.43. The number of ether oxygens (including phenoxy) is 2. The predicted octanol–water partition coefficient (Wildman–Crippen LogP) is 1.11. The molecule has 2 aliphatic rings. The van der Waals surface area contributed by atoms with Crippen molar-refractivity contribution < 1.29 is 24.2 Å². The van der Waals surface area contributed by atoms with Crippen LogP contribution in [0.15, 0.2) is 23.3 Å². The molecule has 1 aliphatic heterocycles. The van der Waals surface area contributed by atoms with Gasteiger partial charge in [-0.2, -0.15) is 0 Å². The van der Waals surface area contributed by atoms with Crippen LogP contribution in [0.2, 0.25) is 0 Å². The van der Waals surface area contributed by atoms with Gasteiger partial charge in [-0.15, -0.1) is 0 Å². The van der Waals surface area contributed by atoms with Gasteiger partial charge in [-0.1, -0.05) is 0 Å². The van der Waals surface area contributed by atoms with Gasteiger partial charge in [-0.25, -0.2) is 0 Å². The molecule has 0 saturated carbocycles. The summed E-state index contributed by atoms with van der Waals surface area (Å²) >= 11 is 0. The Morgan fingerprint density at radius 3 is 2.50 bits per heavy atom. The van der Waals surface area contributed by atoms with Crippen LogP contribution in [0.25, 0.3) is 0 Å². The number of hydrogen-bond acceptors (Lipinski definition) is 5. The zero-order chi connectivity index (χ0) is 12.9.